The lowest BCUT2D eigenvalue weighted by Gasteiger charge is -2.36. The smallest absolute Gasteiger partial charge is 0.317 e. The lowest BCUT2D eigenvalue weighted by molar-refractivity contribution is -0.114. The molecule has 1 aliphatic rings. The number of piperazine rings is 1. The van der Waals surface area contributed by atoms with E-state index in [1.54, 1.807) is 34.1 Å². The third kappa shape index (κ3) is 5.48. The van der Waals surface area contributed by atoms with Crippen LogP contribution in [0.3, 0.4) is 0 Å². The number of benzene rings is 1. The van der Waals surface area contributed by atoms with Gasteiger partial charge in [0.15, 0.2) is 0 Å². The number of amides is 4. The molecule has 0 bridgehead atoms. The van der Waals surface area contributed by atoms with Crippen LogP contribution in [0.1, 0.15) is 38.1 Å². The fraction of sp³-hybridized carbons (Fsp3) is 0.500. The molecule has 2 N–H and O–H groups in total. The summed E-state index contributed by atoms with van der Waals surface area (Å²) in [6.07, 6.45) is 0. The Morgan fingerprint density at radius 2 is 1.44 bits per heavy atom. The van der Waals surface area contributed by atoms with Crippen molar-refractivity contribution in [3.05, 3.63) is 29.8 Å². The Morgan fingerprint density at radius 1 is 0.920 bits per heavy atom. The molecule has 1 aliphatic heterocycles. The first-order chi connectivity index (χ1) is 11.7. The number of nitrogens with zero attached hydrogens (tertiary/aromatic N) is 2. The summed E-state index contributed by atoms with van der Waals surface area (Å²) >= 11 is 0. The molecule has 4 amide bonds. The largest absolute Gasteiger partial charge is 0.335 e. The average Bonchev–Trinajstić information content (AvgIpc) is 2.53. The van der Waals surface area contributed by atoms with Crippen molar-refractivity contribution < 1.29 is 14.4 Å². The molecule has 136 valence electrons. The predicted octanol–water partition coefficient (Wildman–Crippen LogP) is 1.91. The van der Waals surface area contributed by atoms with Gasteiger partial charge in [0, 0.05) is 49.9 Å². The van der Waals surface area contributed by atoms with E-state index in [0.29, 0.717) is 37.4 Å². The summed E-state index contributed by atoms with van der Waals surface area (Å²) in [5.74, 6) is -0.214. The zero-order valence-corrected chi connectivity index (χ0v) is 15.3. The van der Waals surface area contributed by atoms with Crippen LogP contribution in [0.5, 0.6) is 0 Å². The summed E-state index contributed by atoms with van der Waals surface area (Å²) in [6.45, 7) is 9.29. The molecule has 0 spiro atoms. The highest BCUT2D eigenvalue weighted by molar-refractivity contribution is 5.95. The second-order valence-electron chi connectivity index (χ2n) is 7.22. The van der Waals surface area contributed by atoms with Crippen molar-refractivity contribution in [3.63, 3.8) is 0 Å². The Balaban J connectivity index is 1.90. The minimum absolute atomic E-state index is 0.0646. The van der Waals surface area contributed by atoms with Gasteiger partial charge in [-0.3, -0.25) is 9.59 Å². The van der Waals surface area contributed by atoms with Crippen LogP contribution in [-0.4, -0.2) is 59.4 Å². The number of carbonyl (C=O) groups is 3. The minimum atomic E-state index is -0.278. The van der Waals surface area contributed by atoms with Crippen LogP contribution >= 0.6 is 0 Å². The van der Waals surface area contributed by atoms with E-state index < -0.39 is 0 Å². The summed E-state index contributed by atoms with van der Waals surface area (Å²) in [4.78, 5) is 39.2. The van der Waals surface area contributed by atoms with E-state index >= 15 is 0 Å². The molecule has 0 atom stereocenters. The highest BCUT2D eigenvalue weighted by atomic mass is 16.2. The summed E-state index contributed by atoms with van der Waals surface area (Å²) in [5.41, 5.74) is 0.953. The summed E-state index contributed by atoms with van der Waals surface area (Å²) in [7, 11) is 0. The molecular formula is C18H26N4O3. The summed E-state index contributed by atoms with van der Waals surface area (Å²) < 4.78 is 0. The Bertz CT molecular complexity index is 641. The fourth-order valence-electron chi connectivity index (χ4n) is 2.59. The van der Waals surface area contributed by atoms with Gasteiger partial charge in [0.05, 0.1) is 0 Å². The number of carbonyl (C=O) groups excluding carboxylic acids is 3. The predicted molar refractivity (Wildman–Crippen MR) is 96.5 cm³/mol. The Kier molecular flexibility index (Phi) is 5.66. The molecule has 1 aromatic carbocycles. The highest BCUT2D eigenvalue weighted by Gasteiger charge is 2.26. The van der Waals surface area contributed by atoms with Gasteiger partial charge in [-0.15, -0.1) is 0 Å². The van der Waals surface area contributed by atoms with Crippen LogP contribution in [-0.2, 0) is 4.79 Å². The van der Waals surface area contributed by atoms with E-state index in [-0.39, 0.29) is 23.4 Å². The Labute approximate surface area is 148 Å². The van der Waals surface area contributed by atoms with E-state index in [1.807, 2.05) is 20.8 Å². The molecule has 0 saturated carbocycles. The molecule has 0 aliphatic carbocycles. The van der Waals surface area contributed by atoms with Crippen molar-refractivity contribution in [1.29, 1.82) is 0 Å². The molecule has 7 heteroatoms. The minimum Gasteiger partial charge on any atom is -0.335 e. The normalized spacial score (nSPS) is 14.9. The molecule has 0 aromatic heterocycles. The first-order valence-corrected chi connectivity index (χ1v) is 8.40. The highest BCUT2D eigenvalue weighted by Crippen LogP contribution is 2.13. The number of hydrogen-bond acceptors (Lipinski definition) is 3. The van der Waals surface area contributed by atoms with Gasteiger partial charge in [-0.25, -0.2) is 4.79 Å². The lowest BCUT2D eigenvalue weighted by Crippen LogP contribution is -2.56. The molecule has 1 aromatic rings. The van der Waals surface area contributed by atoms with Crippen molar-refractivity contribution in [1.82, 2.24) is 15.1 Å². The van der Waals surface area contributed by atoms with Crippen molar-refractivity contribution in [2.45, 2.75) is 33.2 Å². The second kappa shape index (κ2) is 7.55. The molecule has 0 radical (unpaired) electrons. The average molecular weight is 346 g/mol. The number of hydrogen-bond donors (Lipinski definition) is 2. The van der Waals surface area contributed by atoms with Crippen molar-refractivity contribution in [3.8, 4) is 0 Å². The van der Waals surface area contributed by atoms with Gasteiger partial charge in [-0.2, -0.15) is 0 Å². The maximum Gasteiger partial charge on any atom is 0.317 e. The van der Waals surface area contributed by atoms with Crippen molar-refractivity contribution >= 4 is 23.5 Å². The fourth-order valence-corrected chi connectivity index (χ4v) is 2.59. The quantitative estimate of drug-likeness (QED) is 0.858. The number of rotatable bonds is 2. The van der Waals surface area contributed by atoms with E-state index in [0.717, 1.165) is 0 Å². The van der Waals surface area contributed by atoms with Crippen LogP contribution in [0.2, 0.25) is 0 Å². The van der Waals surface area contributed by atoms with Gasteiger partial charge in [0.1, 0.15) is 0 Å². The SMILES string of the molecule is CC(=O)Nc1ccc(C(=O)N2CCN(C(=O)NC(C)(C)C)CC2)cc1. The van der Waals surface area contributed by atoms with Crippen molar-refractivity contribution in [2.75, 3.05) is 31.5 Å². The number of nitrogens with one attached hydrogen (secondary N) is 2. The van der Waals surface area contributed by atoms with Gasteiger partial charge >= 0.3 is 6.03 Å². The van der Waals surface area contributed by atoms with E-state index in [2.05, 4.69) is 10.6 Å². The van der Waals surface area contributed by atoms with Crippen LogP contribution in [0.25, 0.3) is 0 Å². The Morgan fingerprint density at radius 3 is 1.92 bits per heavy atom. The molecule has 1 fully saturated rings. The second-order valence-corrected chi connectivity index (χ2v) is 7.22. The zero-order valence-electron chi connectivity index (χ0n) is 15.3. The van der Waals surface area contributed by atoms with Crippen LogP contribution < -0.4 is 10.6 Å². The zero-order chi connectivity index (χ0) is 18.6. The van der Waals surface area contributed by atoms with Gasteiger partial charge in [0.2, 0.25) is 5.91 Å². The first kappa shape index (κ1) is 18.8. The molecule has 1 heterocycles. The molecular weight excluding hydrogens is 320 g/mol. The molecule has 0 unspecified atom stereocenters. The van der Waals surface area contributed by atoms with E-state index in [9.17, 15) is 14.4 Å². The summed E-state index contributed by atoms with van der Waals surface area (Å²) in [5, 5.41) is 5.61. The number of anilines is 1. The van der Waals surface area contributed by atoms with Gasteiger partial charge in [-0.1, -0.05) is 0 Å². The maximum absolute atomic E-state index is 12.6. The third-order valence-corrected chi connectivity index (χ3v) is 3.79. The van der Waals surface area contributed by atoms with Crippen molar-refractivity contribution in [2.24, 2.45) is 0 Å². The number of urea groups is 1. The summed E-state index contributed by atoms with van der Waals surface area (Å²) in [6, 6.07) is 6.72. The topological polar surface area (TPSA) is 81.8 Å². The monoisotopic (exact) mass is 346 g/mol. The molecule has 25 heavy (non-hydrogen) atoms. The Hall–Kier alpha value is -2.57. The standard InChI is InChI=1S/C18H26N4O3/c1-13(23)19-15-7-5-14(6-8-15)16(24)21-9-11-22(12-10-21)17(25)20-18(2,3)4/h5-8H,9-12H2,1-4H3,(H,19,23)(H,20,25). The molecule has 7 nitrogen and oxygen atoms in total. The van der Waals surface area contributed by atoms with Gasteiger partial charge in [0.25, 0.3) is 5.91 Å². The third-order valence-electron chi connectivity index (χ3n) is 3.79. The van der Waals surface area contributed by atoms with E-state index in [4.69, 9.17) is 0 Å². The molecule has 1 saturated heterocycles. The maximum atomic E-state index is 12.6. The lowest BCUT2D eigenvalue weighted by atomic mass is 10.1. The van der Waals surface area contributed by atoms with E-state index in [1.165, 1.54) is 6.92 Å². The van der Waals surface area contributed by atoms with Gasteiger partial charge < -0.3 is 20.4 Å². The van der Waals surface area contributed by atoms with Crippen LogP contribution in [0.4, 0.5) is 10.5 Å². The van der Waals surface area contributed by atoms with Crippen LogP contribution in [0.15, 0.2) is 24.3 Å². The van der Waals surface area contributed by atoms with Gasteiger partial charge in [-0.05, 0) is 45.0 Å². The van der Waals surface area contributed by atoms with Crippen LogP contribution in [0, 0.1) is 0 Å². The first-order valence-electron chi connectivity index (χ1n) is 8.40. The molecule has 2 rings (SSSR count).